The van der Waals surface area contributed by atoms with Crippen LogP contribution in [0.2, 0.25) is 0 Å². The van der Waals surface area contributed by atoms with E-state index in [2.05, 4.69) is 74.6 Å². The summed E-state index contributed by atoms with van der Waals surface area (Å²) in [5.74, 6) is 0.889. The fourth-order valence-electron chi connectivity index (χ4n) is 4.21. The number of aliphatic hydroxyl groups is 1. The molecule has 13 nitrogen and oxygen atoms in total. The van der Waals surface area contributed by atoms with E-state index in [0.29, 0.717) is 35.7 Å². The average molecular weight is 566 g/mol. The fraction of sp³-hybridized carbons (Fsp3) is 0.560. The first kappa shape index (κ1) is 32.0. The number of carbonyl (C=O) groups is 1. The molecular weight excluding hydrogens is 526 g/mol. The van der Waals surface area contributed by atoms with Gasteiger partial charge in [0.25, 0.3) is 0 Å². The first-order valence-corrected chi connectivity index (χ1v) is 12.7. The summed E-state index contributed by atoms with van der Waals surface area (Å²) < 4.78 is 7.30. The number of pyridine rings is 1. The highest BCUT2D eigenvalue weighted by Gasteiger charge is 2.19. The summed E-state index contributed by atoms with van der Waals surface area (Å²) in [6, 6.07) is 2.01. The number of likely N-dealkylation sites (N-methyl/N-ethyl adjacent to an activating group) is 2. The number of halogens is 1. The highest BCUT2D eigenvalue weighted by Crippen LogP contribution is 2.26. The first-order valence-electron chi connectivity index (χ1n) is 12.7. The van der Waals surface area contributed by atoms with Gasteiger partial charge in [0.1, 0.15) is 11.0 Å². The third-order valence-corrected chi connectivity index (χ3v) is 6.04. The van der Waals surface area contributed by atoms with Crippen LogP contribution in [-0.4, -0.2) is 105 Å². The Labute approximate surface area is 235 Å². The van der Waals surface area contributed by atoms with E-state index in [9.17, 15) is 15.0 Å². The summed E-state index contributed by atoms with van der Waals surface area (Å²) in [4.78, 5) is 28.9. The maximum atomic E-state index is 11.3. The van der Waals surface area contributed by atoms with Crippen molar-refractivity contribution in [2.24, 2.45) is 0 Å². The maximum absolute atomic E-state index is 11.3. The summed E-state index contributed by atoms with van der Waals surface area (Å²) >= 11 is 0. The van der Waals surface area contributed by atoms with Crippen molar-refractivity contribution in [3.63, 3.8) is 0 Å². The Bertz CT molecular complexity index is 1200. The zero-order valence-electron chi connectivity index (χ0n) is 23.2. The van der Waals surface area contributed by atoms with Gasteiger partial charge in [-0.25, -0.2) is 14.8 Å². The SMILES string of the molecule is CCC[C@@H](CCO)Nc1nc(NC(=O)O)nc2cnn(Cc3cc(CN(C)CCN(C)C)cnc3OC)c12.Cl. The Kier molecular flexibility index (Phi) is 12.6. The molecule has 0 fully saturated rings. The number of nitrogens with one attached hydrogen (secondary N) is 2. The van der Waals surface area contributed by atoms with Gasteiger partial charge in [-0.1, -0.05) is 13.3 Å². The average Bonchev–Trinajstić information content (AvgIpc) is 3.25. The molecule has 0 aliphatic rings. The second kappa shape index (κ2) is 15.4. The summed E-state index contributed by atoms with van der Waals surface area (Å²) in [6.45, 7) is 5.03. The van der Waals surface area contributed by atoms with Gasteiger partial charge >= 0.3 is 6.09 Å². The van der Waals surface area contributed by atoms with E-state index >= 15 is 0 Å². The lowest BCUT2D eigenvalue weighted by molar-refractivity contribution is 0.209. The fourth-order valence-corrected chi connectivity index (χ4v) is 4.21. The lowest BCUT2D eigenvalue weighted by atomic mass is 10.1. The Hall–Kier alpha value is -3.26. The van der Waals surface area contributed by atoms with E-state index in [0.717, 1.165) is 43.6 Å². The second-order valence-electron chi connectivity index (χ2n) is 9.56. The molecule has 216 valence electrons. The quantitative estimate of drug-likeness (QED) is 0.215. The highest BCUT2D eigenvalue weighted by atomic mass is 35.5. The van der Waals surface area contributed by atoms with Gasteiger partial charge in [0, 0.05) is 44.0 Å². The van der Waals surface area contributed by atoms with Gasteiger partial charge in [-0.15, -0.1) is 12.4 Å². The number of hydrogen-bond acceptors (Lipinski definition) is 10. The molecule has 1 amide bonds. The van der Waals surface area contributed by atoms with Crippen molar-refractivity contribution in [3.8, 4) is 5.88 Å². The molecular formula is C25H40ClN9O4. The number of aliphatic hydroxyl groups excluding tert-OH is 1. The van der Waals surface area contributed by atoms with Crippen LogP contribution in [0.15, 0.2) is 18.5 Å². The topological polar surface area (TPSA) is 154 Å². The maximum Gasteiger partial charge on any atom is 0.411 e. The number of hydrogen-bond donors (Lipinski definition) is 4. The van der Waals surface area contributed by atoms with E-state index in [4.69, 9.17) is 4.74 Å². The lowest BCUT2D eigenvalue weighted by Crippen LogP contribution is -2.28. The Balaban J connectivity index is 0.00000533. The molecule has 3 heterocycles. The molecule has 39 heavy (non-hydrogen) atoms. The van der Waals surface area contributed by atoms with Crippen molar-refractivity contribution in [2.75, 3.05) is 58.6 Å². The van der Waals surface area contributed by atoms with Crippen molar-refractivity contribution >= 4 is 41.3 Å². The first-order chi connectivity index (χ1) is 18.2. The van der Waals surface area contributed by atoms with E-state index in [1.165, 1.54) is 0 Å². The van der Waals surface area contributed by atoms with Gasteiger partial charge in [-0.3, -0.25) is 10.00 Å². The Morgan fingerprint density at radius 1 is 1.18 bits per heavy atom. The molecule has 0 saturated heterocycles. The standard InChI is InChI=1S/C25H39N9O4.ClH/c1-6-7-19(8-11-35)28-22-21-20(29-24(30-22)31-25(36)37)14-27-34(21)16-18-12-17(13-26-23(18)38-5)15-33(4)10-9-32(2)3;/h12-14,19,35H,6-11,15-16H2,1-5H3,(H,36,37)(H2,28,29,30,31);1H/t19-;/m0./s1. The van der Waals surface area contributed by atoms with Gasteiger partial charge in [0.05, 0.1) is 19.9 Å². The molecule has 0 spiro atoms. The molecule has 0 aliphatic heterocycles. The number of amides is 1. The van der Waals surface area contributed by atoms with Crippen molar-refractivity contribution in [1.82, 2.24) is 34.5 Å². The number of methoxy groups -OCH3 is 1. The third-order valence-electron chi connectivity index (χ3n) is 6.04. The van der Waals surface area contributed by atoms with Gasteiger partial charge in [0.15, 0.2) is 5.82 Å². The van der Waals surface area contributed by atoms with Crippen LogP contribution in [0.3, 0.4) is 0 Å². The van der Waals surface area contributed by atoms with Gasteiger partial charge in [0.2, 0.25) is 11.8 Å². The minimum absolute atomic E-state index is 0. The minimum atomic E-state index is -1.26. The number of fused-ring (bicyclic) bond motifs is 1. The smallest absolute Gasteiger partial charge is 0.411 e. The Morgan fingerprint density at radius 3 is 2.59 bits per heavy atom. The van der Waals surface area contributed by atoms with Gasteiger partial charge in [-0.05, 0) is 45.6 Å². The minimum Gasteiger partial charge on any atom is -0.481 e. The largest absolute Gasteiger partial charge is 0.481 e. The monoisotopic (exact) mass is 565 g/mol. The van der Waals surface area contributed by atoms with Crippen LogP contribution in [-0.2, 0) is 13.1 Å². The number of rotatable bonds is 15. The molecule has 0 aliphatic carbocycles. The number of ether oxygens (including phenoxy) is 1. The van der Waals surface area contributed by atoms with E-state index in [1.54, 1.807) is 18.0 Å². The molecule has 3 aromatic heterocycles. The van der Waals surface area contributed by atoms with E-state index in [-0.39, 0.29) is 31.0 Å². The van der Waals surface area contributed by atoms with Crippen LogP contribution in [0, 0.1) is 0 Å². The summed E-state index contributed by atoms with van der Waals surface area (Å²) in [5.41, 5.74) is 3.00. The van der Waals surface area contributed by atoms with Crippen molar-refractivity contribution < 1.29 is 19.7 Å². The molecule has 0 unspecified atom stereocenters. The van der Waals surface area contributed by atoms with E-state index < -0.39 is 6.09 Å². The number of nitrogens with zero attached hydrogens (tertiary/aromatic N) is 7. The van der Waals surface area contributed by atoms with Gasteiger partial charge < -0.3 is 30.1 Å². The molecule has 3 rings (SSSR count). The second-order valence-corrected chi connectivity index (χ2v) is 9.56. The molecule has 0 saturated carbocycles. The van der Waals surface area contributed by atoms with Crippen LogP contribution in [0.25, 0.3) is 11.0 Å². The molecule has 0 aromatic carbocycles. The zero-order valence-corrected chi connectivity index (χ0v) is 24.0. The highest BCUT2D eigenvalue weighted by molar-refractivity contribution is 5.89. The van der Waals surface area contributed by atoms with Gasteiger partial charge in [-0.2, -0.15) is 10.1 Å². The number of carboxylic acid groups (broad SMARTS) is 1. The predicted molar refractivity (Wildman–Crippen MR) is 153 cm³/mol. The molecule has 3 aromatic rings. The summed E-state index contributed by atoms with van der Waals surface area (Å²) in [7, 11) is 7.76. The van der Waals surface area contributed by atoms with Crippen LogP contribution >= 0.6 is 12.4 Å². The van der Waals surface area contributed by atoms with Crippen molar-refractivity contribution in [1.29, 1.82) is 0 Å². The zero-order chi connectivity index (χ0) is 27.7. The van der Waals surface area contributed by atoms with Crippen molar-refractivity contribution in [3.05, 3.63) is 29.6 Å². The van der Waals surface area contributed by atoms with Crippen molar-refractivity contribution in [2.45, 2.75) is 45.3 Å². The van der Waals surface area contributed by atoms with E-state index in [1.807, 2.05) is 6.20 Å². The molecule has 0 bridgehead atoms. The van der Waals surface area contributed by atoms with Crippen LogP contribution in [0.4, 0.5) is 16.6 Å². The van der Waals surface area contributed by atoms with Crippen LogP contribution < -0.4 is 15.4 Å². The summed E-state index contributed by atoms with van der Waals surface area (Å²) in [5, 5.41) is 28.9. The normalized spacial score (nSPS) is 12.0. The third kappa shape index (κ3) is 9.17. The number of anilines is 2. The Morgan fingerprint density at radius 2 is 1.95 bits per heavy atom. The molecule has 0 radical (unpaired) electrons. The molecule has 14 heteroatoms. The molecule has 1 atom stereocenters. The number of aromatic nitrogens is 5. The van der Waals surface area contributed by atoms with Crippen LogP contribution in [0.1, 0.15) is 37.3 Å². The summed E-state index contributed by atoms with van der Waals surface area (Å²) in [6.07, 6.45) is 4.38. The van der Waals surface area contributed by atoms with Crippen LogP contribution in [0.5, 0.6) is 5.88 Å². The molecule has 4 N–H and O–H groups in total. The lowest BCUT2D eigenvalue weighted by Gasteiger charge is -2.20. The predicted octanol–water partition coefficient (Wildman–Crippen LogP) is 2.75.